The Morgan fingerprint density at radius 2 is 1.76 bits per heavy atom. The van der Waals surface area contributed by atoms with Gasteiger partial charge in [-0.2, -0.15) is 0 Å². The third-order valence-electron chi connectivity index (χ3n) is 6.48. The van der Waals surface area contributed by atoms with Crippen LogP contribution in [-0.4, -0.2) is 48.3 Å². The number of hydrogen-bond donors (Lipinski definition) is 1. The van der Waals surface area contributed by atoms with Crippen molar-refractivity contribution < 1.29 is 22.7 Å². The van der Waals surface area contributed by atoms with Crippen LogP contribution in [0.4, 0.5) is 24.7 Å². The van der Waals surface area contributed by atoms with Crippen molar-refractivity contribution in [2.24, 2.45) is 0 Å². The highest BCUT2D eigenvalue weighted by Crippen LogP contribution is 2.33. The minimum absolute atomic E-state index is 0.0735. The maximum Gasteiger partial charge on any atom is 0.573 e. The fourth-order valence-electron chi connectivity index (χ4n) is 4.52. The molecule has 1 atom stereocenters. The first-order valence-corrected chi connectivity index (χ1v) is 13.5. The standard InChI is InChI=1S/C28H22F3N7O2S/c1-16-4-3-5-17(2)25(16)35-27-38(24(39)14-41-27)23-13-32-21-11-6-18(12-22(21)34-23)26-33-15-37(36-26)19-7-9-20(10-8-19)40-28(29,30)31/h3-13,15,27,35H,14H2,1-2H3. The molecule has 1 fully saturated rings. The number of aromatic nitrogens is 5. The number of ether oxygens (including phenoxy) is 1. The van der Waals surface area contributed by atoms with Crippen molar-refractivity contribution in [1.29, 1.82) is 0 Å². The summed E-state index contributed by atoms with van der Waals surface area (Å²) in [6.07, 6.45) is -1.71. The number of halogens is 3. The second-order valence-corrected chi connectivity index (χ2v) is 10.4. The van der Waals surface area contributed by atoms with E-state index in [1.807, 2.05) is 32.0 Å². The molecule has 0 aliphatic carbocycles. The van der Waals surface area contributed by atoms with Crippen molar-refractivity contribution in [3.05, 3.63) is 84.3 Å². The molecule has 3 heterocycles. The van der Waals surface area contributed by atoms with E-state index in [1.165, 1.54) is 47.0 Å². The van der Waals surface area contributed by atoms with E-state index in [2.05, 4.69) is 25.1 Å². The number of thioether (sulfide) groups is 1. The molecule has 0 spiro atoms. The van der Waals surface area contributed by atoms with Gasteiger partial charge in [-0.25, -0.2) is 14.6 Å². The minimum atomic E-state index is -4.76. The Morgan fingerprint density at radius 3 is 2.49 bits per heavy atom. The van der Waals surface area contributed by atoms with Gasteiger partial charge < -0.3 is 10.1 Å². The largest absolute Gasteiger partial charge is 0.573 e. The van der Waals surface area contributed by atoms with Gasteiger partial charge in [0.2, 0.25) is 5.91 Å². The van der Waals surface area contributed by atoms with E-state index in [0.717, 1.165) is 16.8 Å². The average Bonchev–Trinajstić information content (AvgIpc) is 3.57. The molecule has 2 aromatic heterocycles. The third-order valence-corrected chi connectivity index (χ3v) is 7.54. The number of para-hydroxylation sites is 1. The van der Waals surface area contributed by atoms with Gasteiger partial charge in [-0.3, -0.25) is 14.7 Å². The highest BCUT2D eigenvalue weighted by molar-refractivity contribution is 8.01. The second-order valence-electron chi connectivity index (χ2n) is 9.32. The molecular weight excluding hydrogens is 555 g/mol. The Kier molecular flexibility index (Phi) is 6.73. The molecule has 1 saturated heterocycles. The Hall–Kier alpha value is -4.65. The lowest BCUT2D eigenvalue weighted by Gasteiger charge is -2.26. The lowest BCUT2D eigenvalue weighted by molar-refractivity contribution is -0.274. The smallest absolute Gasteiger partial charge is 0.406 e. The Morgan fingerprint density at radius 1 is 1.00 bits per heavy atom. The molecule has 6 rings (SSSR count). The summed E-state index contributed by atoms with van der Waals surface area (Å²) in [5, 5.41) is 7.95. The van der Waals surface area contributed by atoms with E-state index >= 15 is 0 Å². The van der Waals surface area contributed by atoms with Gasteiger partial charge in [-0.05, 0) is 67.4 Å². The number of anilines is 2. The molecule has 0 radical (unpaired) electrons. The van der Waals surface area contributed by atoms with Gasteiger partial charge in [0.25, 0.3) is 0 Å². The van der Waals surface area contributed by atoms with Gasteiger partial charge in [0.15, 0.2) is 17.1 Å². The lowest BCUT2D eigenvalue weighted by atomic mass is 10.1. The number of fused-ring (bicyclic) bond motifs is 1. The number of alkyl halides is 3. The van der Waals surface area contributed by atoms with Crippen LogP contribution < -0.4 is 15.0 Å². The fourth-order valence-corrected chi connectivity index (χ4v) is 5.54. The van der Waals surface area contributed by atoms with Crippen LogP contribution in [0.15, 0.2) is 73.2 Å². The van der Waals surface area contributed by atoms with Crippen molar-refractivity contribution in [1.82, 2.24) is 24.7 Å². The van der Waals surface area contributed by atoms with Crippen molar-refractivity contribution in [3.63, 3.8) is 0 Å². The van der Waals surface area contributed by atoms with Crippen LogP contribution in [0.5, 0.6) is 5.75 Å². The predicted octanol–water partition coefficient (Wildman–Crippen LogP) is 5.87. The maximum atomic E-state index is 12.9. The quantitative estimate of drug-likeness (QED) is 0.268. The first-order valence-electron chi connectivity index (χ1n) is 12.5. The van der Waals surface area contributed by atoms with Crippen molar-refractivity contribution in [3.8, 4) is 22.8 Å². The van der Waals surface area contributed by atoms with E-state index in [0.29, 0.717) is 39.7 Å². The molecule has 9 nitrogen and oxygen atoms in total. The van der Waals surface area contributed by atoms with Crippen LogP contribution in [-0.2, 0) is 4.79 Å². The van der Waals surface area contributed by atoms with Crippen LogP contribution in [0.1, 0.15) is 11.1 Å². The molecule has 1 aliphatic rings. The summed E-state index contributed by atoms with van der Waals surface area (Å²) < 4.78 is 42.7. The van der Waals surface area contributed by atoms with E-state index in [-0.39, 0.29) is 17.2 Å². The zero-order chi connectivity index (χ0) is 28.7. The van der Waals surface area contributed by atoms with Crippen LogP contribution in [0, 0.1) is 13.8 Å². The van der Waals surface area contributed by atoms with Gasteiger partial charge >= 0.3 is 6.36 Å². The van der Waals surface area contributed by atoms with Crippen LogP contribution >= 0.6 is 11.8 Å². The summed E-state index contributed by atoms with van der Waals surface area (Å²) in [5.41, 5.74) is 5.15. The number of nitrogens with one attached hydrogen (secondary N) is 1. The highest BCUT2D eigenvalue weighted by atomic mass is 32.2. The molecule has 41 heavy (non-hydrogen) atoms. The first-order chi connectivity index (χ1) is 19.6. The summed E-state index contributed by atoms with van der Waals surface area (Å²) in [6, 6.07) is 16.7. The van der Waals surface area contributed by atoms with E-state index in [9.17, 15) is 18.0 Å². The highest BCUT2D eigenvalue weighted by Gasteiger charge is 2.35. The van der Waals surface area contributed by atoms with Gasteiger partial charge in [0.05, 0.1) is 28.7 Å². The number of carbonyl (C=O) groups is 1. The van der Waals surface area contributed by atoms with Crippen LogP contribution in [0.2, 0.25) is 0 Å². The van der Waals surface area contributed by atoms with Crippen molar-refractivity contribution in [2.75, 3.05) is 16.0 Å². The Balaban J connectivity index is 1.26. The fraction of sp³-hybridized carbons (Fsp3) is 0.179. The molecule has 13 heteroatoms. The lowest BCUT2D eigenvalue weighted by Crippen LogP contribution is -2.38. The molecule has 5 aromatic rings. The SMILES string of the molecule is Cc1cccc(C)c1NC1SCC(=O)N1c1cnc2ccc(-c3ncn(-c4ccc(OC(F)(F)F)cc4)n3)cc2n1. The number of carbonyl (C=O) groups excluding carboxylic acids is 1. The van der Waals surface area contributed by atoms with E-state index in [1.54, 1.807) is 29.3 Å². The zero-order valence-corrected chi connectivity index (χ0v) is 22.6. The molecular formula is C28H22F3N7O2S. The second kappa shape index (κ2) is 10.4. The third kappa shape index (κ3) is 5.53. The summed E-state index contributed by atoms with van der Waals surface area (Å²) in [7, 11) is 0. The molecule has 1 N–H and O–H groups in total. The van der Waals surface area contributed by atoms with E-state index < -0.39 is 6.36 Å². The Labute approximate surface area is 236 Å². The van der Waals surface area contributed by atoms with E-state index in [4.69, 9.17) is 4.98 Å². The number of hydrogen-bond acceptors (Lipinski definition) is 8. The maximum absolute atomic E-state index is 12.9. The Bertz CT molecular complexity index is 1740. The van der Waals surface area contributed by atoms with Gasteiger partial charge in [0.1, 0.15) is 12.1 Å². The molecule has 208 valence electrons. The predicted molar refractivity (Wildman–Crippen MR) is 150 cm³/mol. The monoisotopic (exact) mass is 577 g/mol. The summed E-state index contributed by atoms with van der Waals surface area (Å²) >= 11 is 1.49. The number of nitrogens with zero attached hydrogens (tertiary/aromatic N) is 6. The summed E-state index contributed by atoms with van der Waals surface area (Å²) in [4.78, 5) is 28.2. The van der Waals surface area contributed by atoms with Crippen LogP contribution in [0.3, 0.4) is 0 Å². The molecule has 3 aromatic carbocycles. The number of benzene rings is 3. The number of rotatable bonds is 6. The van der Waals surface area contributed by atoms with Gasteiger partial charge in [-0.1, -0.05) is 18.2 Å². The average molecular weight is 578 g/mol. The number of amides is 1. The number of aryl methyl sites for hydroxylation is 2. The summed E-state index contributed by atoms with van der Waals surface area (Å²) in [5.74, 6) is 0.722. The first kappa shape index (κ1) is 26.6. The minimum Gasteiger partial charge on any atom is -0.406 e. The van der Waals surface area contributed by atoms with Gasteiger partial charge in [0, 0.05) is 11.3 Å². The normalized spacial score (nSPS) is 15.5. The van der Waals surface area contributed by atoms with Gasteiger partial charge in [-0.15, -0.1) is 30.0 Å². The van der Waals surface area contributed by atoms with Crippen molar-refractivity contribution >= 4 is 40.2 Å². The zero-order valence-electron chi connectivity index (χ0n) is 21.8. The summed E-state index contributed by atoms with van der Waals surface area (Å²) in [6.45, 7) is 4.04. The van der Waals surface area contributed by atoms with Crippen molar-refractivity contribution in [2.45, 2.75) is 25.7 Å². The molecule has 1 aliphatic heterocycles. The topological polar surface area (TPSA) is 98.1 Å². The molecule has 1 unspecified atom stereocenters. The molecule has 1 amide bonds. The molecule has 0 bridgehead atoms. The molecule has 0 saturated carbocycles. The van der Waals surface area contributed by atoms with Crippen LogP contribution in [0.25, 0.3) is 28.1 Å².